The summed E-state index contributed by atoms with van der Waals surface area (Å²) in [7, 11) is 0. The Hall–Kier alpha value is -2.68. The number of allylic oxidation sites excluding steroid dienone is 1. The van der Waals surface area contributed by atoms with Crippen LogP contribution in [-0.4, -0.2) is 10.2 Å². The van der Waals surface area contributed by atoms with E-state index < -0.39 is 0 Å². The Morgan fingerprint density at radius 3 is 2.84 bits per heavy atom. The maximum absolute atomic E-state index is 9.31. The van der Waals surface area contributed by atoms with Gasteiger partial charge in [-0.2, -0.15) is 5.26 Å². The third kappa shape index (κ3) is 1.59. The van der Waals surface area contributed by atoms with Gasteiger partial charge in [-0.3, -0.25) is 5.10 Å². The molecule has 0 bridgehead atoms. The summed E-state index contributed by atoms with van der Waals surface area (Å²) in [5, 5.41) is 16.2. The van der Waals surface area contributed by atoms with Crippen LogP contribution in [0.3, 0.4) is 0 Å². The number of hydrogen-bond donors (Lipinski definition) is 2. The number of aromatic amines is 1. The van der Waals surface area contributed by atoms with Crippen molar-refractivity contribution in [3.8, 4) is 11.9 Å². The Bertz CT molecular complexity index is 717. The zero-order valence-electron chi connectivity index (χ0n) is 10.5. The summed E-state index contributed by atoms with van der Waals surface area (Å²) in [6.45, 7) is 3.72. The zero-order valence-corrected chi connectivity index (χ0v) is 10.5. The lowest BCUT2D eigenvalue weighted by molar-refractivity contribution is 0.369. The molecule has 96 valence electrons. The van der Waals surface area contributed by atoms with Crippen LogP contribution < -0.4 is 10.5 Å². The Morgan fingerprint density at radius 1 is 1.42 bits per heavy atom. The van der Waals surface area contributed by atoms with Crippen molar-refractivity contribution in [3.05, 3.63) is 46.4 Å². The number of nitrogens with one attached hydrogen (secondary N) is 1. The fourth-order valence-corrected chi connectivity index (χ4v) is 2.29. The van der Waals surface area contributed by atoms with E-state index >= 15 is 0 Å². The number of nitriles is 1. The van der Waals surface area contributed by atoms with Gasteiger partial charge in [0.1, 0.15) is 23.2 Å². The number of ether oxygens (including phenoxy) is 1. The van der Waals surface area contributed by atoms with Crippen LogP contribution in [0.2, 0.25) is 0 Å². The van der Waals surface area contributed by atoms with E-state index in [0.29, 0.717) is 17.2 Å². The summed E-state index contributed by atoms with van der Waals surface area (Å²) < 4.78 is 11.0. The molecule has 2 aromatic rings. The first-order valence-electron chi connectivity index (χ1n) is 5.80. The van der Waals surface area contributed by atoms with Gasteiger partial charge in [0.25, 0.3) is 0 Å². The molecule has 2 aromatic heterocycles. The predicted octanol–water partition coefficient (Wildman–Crippen LogP) is 1.84. The van der Waals surface area contributed by atoms with Crippen LogP contribution in [0.5, 0.6) is 5.88 Å². The minimum absolute atomic E-state index is 0.0700. The topological polar surface area (TPSA) is 101 Å². The van der Waals surface area contributed by atoms with Gasteiger partial charge in [0.05, 0.1) is 11.5 Å². The van der Waals surface area contributed by atoms with Crippen LogP contribution >= 0.6 is 0 Å². The number of furan rings is 1. The molecular formula is C13H12N4O2. The molecule has 0 aromatic carbocycles. The quantitative estimate of drug-likeness (QED) is 0.810. The molecule has 6 heteroatoms. The van der Waals surface area contributed by atoms with E-state index in [4.69, 9.17) is 14.9 Å². The van der Waals surface area contributed by atoms with Gasteiger partial charge < -0.3 is 14.9 Å². The van der Waals surface area contributed by atoms with Gasteiger partial charge in [-0.15, -0.1) is 5.10 Å². The zero-order chi connectivity index (χ0) is 13.6. The average molecular weight is 256 g/mol. The smallest absolute Gasteiger partial charge is 0.244 e. The third-order valence-corrected chi connectivity index (χ3v) is 3.18. The van der Waals surface area contributed by atoms with Crippen LogP contribution in [0.25, 0.3) is 0 Å². The molecule has 0 amide bonds. The Kier molecular flexibility index (Phi) is 2.35. The Balaban J connectivity index is 2.24. The van der Waals surface area contributed by atoms with Gasteiger partial charge in [-0.05, 0) is 26.0 Å². The molecule has 0 radical (unpaired) electrons. The SMILES string of the molecule is Cc1ccc([C@H]2C(C#N)=C(N)Oc3n[nH]c(C)c32)o1. The van der Waals surface area contributed by atoms with E-state index in [1.54, 1.807) is 0 Å². The lowest BCUT2D eigenvalue weighted by Crippen LogP contribution is -2.20. The van der Waals surface area contributed by atoms with E-state index in [2.05, 4.69) is 16.3 Å². The van der Waals surface area contributed by atoms with Crippen molar-refractivity contribution in [2.75, 3.05) is 0 Å². The van der Waals surface area contributed by atoms with Crippen LogP contribution in [0.1, 0.15) is 28.7 Å². The molecule has 3 heterocycles. The highest BCUT2D eigenvalue weighted by Crippen LogP contribution is 2.42. The van der Waals surface area contributed by atoms with Gasteiger partial charge in [-0.25, -0.2) is 0 Å². The molecule has 1 aliphatic heterocycles. The highest BCUT2D eigenvalue weighted by Gasteiger charge is 2.35. The molecular weight excluding hydrogens is 244 g/mol. The molecule has 0 aliphatic carbocycles. The van der Waals surface area contributed by atoms with Crippen molar-refractivity contribution in [3.63, 3.8) is 0 Å². The number of nitrogens with zero attached hydrogens (tertiary/aromatic N) is 2. The van der Waals surface area contributed by atoms with Crippen LogP contribution in [0.4, 0.5) is 0 Å². The van der Waals surface area contributed by atoms with Crippen LogP contribution in [0, 0.1) is 25.2 Å². The maximum atomic E-state index is 9.31. The first-order valence-corrected chi connectivity index (χ1v) is 5.80. The largest absolute Gasteiger partial charge is 0.465 e. The Labute approximate surface area is 109 Å². The van der Waals surface area contributed by atoms with E-state index in [1.807, 2.05) is 26.0 Å². The maximum Gasteiger partial charge on any atom is 0.244 e. The summed E-state index contributed by atoms with van der Waals surface area (Å²) in [6, 6.07) is 5.79. The minimum atomic E-state index is -0.374. The summed E-state index contributed by atoms with van der Waals surface area (Å²) in [5.74, 6) is 1.53. The normalized spacial score (nSPS) is 17.8. The van der Waals surface area contributed by atoms with E-state index in [9.17, 15) is 5.26 Å². The fourth-order valence-electron chi connectivity index (χ4n) is 2.29. The first kappa shape index (κ1) is 11.4. The molecule has 1 aliphatic rings. The van der Waals surface area contributed by atoms with Crippen molar-refractivity contribution in [1.29, 1.82) is 5.26 Å². The predicted molar refractivity (Wildman–Crippen MR) is 66.1 cm³/mol. The minimum Gasteiger partial charge on any atom is -0.465 e. The number of aryl methyl sites for hydroxylation is 2. The van der Waals surface area contributed by atoms with E-state index in [0.717, 1.165) is 17.0 Å². The first-order chi connectivity index (χ1) is 9.11. The van der Waals surface area contributed by atoms with Gasteiger partial charge in [0.2, 0.25) is 11.8 Å². The van der Waals surface area contributed by atoms with Crippen molar-refractivity contribution in [2.45, 2.75) is 19.8 Å². The summed E-state index contributed by atoms with van der Waals surface area (Å²) >= 11 is 0. The second kappa shape index (κ2) is 3.92. The number of hydrogen-bond acceptors (Lipinski definition) is 5. The molecule has 6 nitrogen and oxygen atoms in total. The van der Waals surface area contributed by atoms with E-state index in [1.165, 1.54) is 0 Å². The molecule has 19 heavy (non-hydrogen) atoms. The molecule has 0 saturated carbocycles. The number of rotatable bonds is 1. The average Bonchev–Trinajstić information content (AvgIpc) is 2.95. The van der Waals surface area contributed by atoms with Gasteiger partial charge in [-0.1, -0.05) is 0 Å². The highest BCUT2D eigenvalue weighted by molar-refractivity contribution is 5.53. The second-order valence-electron chi connectivity index (χ2n) is 4.44. The second-order valence-corrected chi connectivity index (χ2v) is 4.44. The molecule has 0 fully saturated rings. The fraction of sp³-hybridized carbons (Fsp3) is 0.231. The standard InChI is InChI=1S/C13H12N4O2/c1-6-3-4-9(18-6)11-8(5-14)12(15)19-13-10(11)7(2)16-17-13/h3-4,11H,15H2,1-2H3,(H,16,17)/t11-/m1/s1. The van der Waals surface area contributed by atoms with Gasteiger partial charge >= 0.3 is 0 Å². The monoisotopic (exact) mass is 256 g/mol. The summed E-state index contributed by atoms with van der Waals surface area (Å²) in [4.78, 5) is 0. The molecule has 0 unspecified atom stereocenters. The molecule has 3 N–H and O–H groups in total. The number of fused-ring (bicyclic) bond motifs is 1. The molecule has 3 rings (SSSR count). The lowest BCUT2D eigenvalue weighted by atomic mass is 9.88. The Morgan fingerprint density at radius 2 is 2.21 bits per heavy atom. The lowest BCUT2D eigenvalue weighted by Gasteiger charge is -2.21. The van der Waals surface area contributed by atoms with Crippen molar-refractivity contribution in [2.24, 2.45) is 5.73 Å². The van der Waals surface area contributed by atoms with Gasteiger partial charge in [0, 0.05) is 5.69 Å². The van der Waals surface area contributed by atoms with E-state index in [-0.39, 0.29) is 11.8 Å². The summed E-state index contributed by atoms with van der Waals surface area (Å²) in [5.41, 5.74) is 7.75. The van der Waals surface area contributed by atoms with Crippen molar-refractivity contribution in [1.82, 2.24) is 10.2 Å². The molecule has 1 atom stereocenters. The van der Waals surface area contributed by atoms with Crippen molar-refractivity contribution >= 4 is 0 Å². The van der Waals surface area contributed by atoms with Crippen molar-refractivity contribution < 1.29 is 9.15 Å². The number of nitrogens with two attached hydrogens (primary N) is 1. The van der Waals surface area contributed by atoms with Gasteiger partial charge in [0.15, 0.2) is 0 Å². The molecule has 0 spiro atoms. The molecule has 0 saturated heterocycles. The number of H-pyrrole nitrogens is 1. The third-order valence-electron chi connectivity index (χ3n) is 3.18. The van der Waals surface area contributed by atoms with Crippen LogP contribution in [0.15, 0.2) is 28.0 Å². The highest BCUT2D eigenvalue weighted by atomic mass is 16.5. The van der Waals surface area contributed by atoms with Crippen LogP contribution in [-0.2, 0) is 0 Å². The summed E-state index contributed by atoms with van der Waals surface area (Å²) in [6.07, 6.45) is 0. The number of aromatic nitrogens is 2.